The standard InChI is InChI=1S/C14H26N2O3/c1-4-6-13(3,15)11(17)16-9-8-14(10-16,7-5-2)12(18)19/h4-10,15H2,1-3H3,(H,18,19). The fourth-order valence-electron chi connectivity index (χ4n) is 3.00. The SMILES string of the molecule is CCCC(C)(N)C(=O)N1CCC(CCC)(C(=O)O)C1. The van der Waals surface area contributed by atoms with Crippen molar-refractivity contribution in [3.05, 3.63) is 0 Å². The summed E-state index contributed by atoms with van der Waals surface area (Å²) >= 11 is 0. The van der Waals surface area contributed by atoms with Crippen LogP contribution in [0, 0.1) is 5.41 Å². The molecule has 5 nitrogen and oxygen atoms in total. The molecule has 2 unspecified atom stereocenters. The van der Waals surface area contributed by atoms with Crippen molar-refractivity contribution < 1.29 is 14.7 Å². The number of nitrogens with zero attached hydrogens (tertiary/aromatic N) is 1. The van der Waals surface area contributed by atoms with Crippen molar-refractivity contribution in [1.82, 2.24) is 4.90 Å². The van der Waals surface area contributed by atoms with Crippen LogP contribution in [0.1, 0.15) is 52.9 Å². The van der Waals surface area contributed by atoms with E-state index in [0.717, 1.165) is 12.8 Å². The second-order valence-corrected chi connectivity index (χ2v) is 5.98. The largest absolute Gasteiger partial charge is 0.481 e. The highest BCUT2D eigenvalue weighted by atomic mass is 16.4. The van der Waals surface area contributed by atoms with Gasteiger partial charge in [0.2, 0.25) is 5.91 Å². The molecule has 0 aromatic carbocycles. The van der Waals surface area contributed by atoms with Crippen molar-refractivity contribution in [2.75, 3.05) is 13.1 Å². The zero-order chi connectivity index (χ0) is 14.7. The quantitative estimate of drug-likeness (QED) is 0.768. The maximum atomic E-state index is 12.4. The highest BCUT2D eigenvalue weighted by Gasteiger charge is 2.47. The van der Waals surface area contributed by atoms with E-state index in [1.807, 2.05) is 13.8 Å². The summed E-state index contributed by atoms with van der Waals surface area (Å²) in [5.41, 5.74) is 4.40. The maximum absolute atomic E-state index is 12.4. The molecule has 1 fully saturated rings. The van der Waals surface area contributed by atoms with Crippen LogP contribution in [0.4, 0.5) is 0 Å². The van der Waals surface area contributed by atoms with Gasteiger partial charge in [-0.2, -0.15) is 0 Å². The predicted molar refractivity (Wildman–Crippen MR) is 73.7 cm³/mol. The van der Waals surface area contributed by atoms with E-state index < -0.39 is 16.9 Å². The predicted octanol–water partition coefficient (Wildman–Crippen LogP) is 1.61. The number of hydrogen-bond donors (Lipinski definition) is 2. The molecular weight excluding hydrogens is 244 g/mol. The second-order valence-electron chi connectivity index (χ2n) is 5.98. The summed E-state index contributed by atoms with van der Waals surface area (Å²) in [5.74, 6) is -0.910. The van der Waals surface area contributed by atoms with Crippen LogP contribution in [0.5, 0.6) is 0 Å². The van der Waals surface area contributed by atoms with Crippen LogP contribution in [-0.2, 0) is 9.59 Å². The van der Waals surface area contributed by atoms with Crippen LogP contribution < -0.4 is 5.73 Å². The van der Waals surface area contributed by atoms with E-state index in [-0.39, 0.29) is 5.91 Å². The van der Waals surface area contributed by atoms with Gasteiger partial charge in [-0.05, 0) is 26.2 Å². The average molecular weight is 270 g/mol. The Morgan fingerprint density at radius 1 is 1.37 bits per heavy atom. The van der Waals surface area contributed by atoms with Crippen LogP contribution in [-0.4, -0.2) is 40.5 Å². The fourth-order valence-corrected chi connectivity index (χ4v) is 3.00. The summed E-state index contributed by atoms with van der Waals surface area (Å²) in [5, 5.41) is 9.43. The number of rotatable bonds is 6. The Hall–Kier alpha value is -1.10. The number of amides is 1. The van der Waals surface area contributed by atoms with Gasteiger partial charge < -0.3 is 15.7 Å². The number of carbonyl (C=O) groups excluding carboxylic acids is 1. The lowest BCUT2D eigenvalue weighted by molar-refractivity contribution is -0.149. The molecule has 1 heterocycles. The van der Waals surface area contributed by atoms with Gasteiger partial charge in [0.1, 0.15) is 0 Å². The maximum Gasteiger partial charge on any atom is 0.311 e. The van der Waals surface area contributed by atoms with Crippen LogP contribution >= 0.6 is 0 Å². The monoisotopic (exact) mass is 270 g/mol. The molecule has 0 aliphatic carbocycles. The first kappa shape index (κ1) is 16.0. The van der Waals surface area contributed by atoms with E-state index in [1.54, 1.807) is 11.8 Å². The molecule has 0 spiro atoms. The summed E-state index contributed by atoms with van der Waals surface area (Å²) in [4.78, 5) is 25.5. The molecule has 0 aromatic rings. The molecule has 1 rings (SSSR count). The summed E-state index contributed by atoms with van der Waals surface area (Å²) in [6, 6.07) is 0. The Kier molecular flexibility index (Phi) is 4.96. The average Bonchev–Trinajstić information content (AvgIpc) is 2.74. The lowest BCUT2D eigenvalue weighted by atomic mass is 9.82. The highest BCUT2D eigenvalue weighted by molar-refractivity contribution is 5.87. The summed E-state index contributed by atoms with van der Waals surface area (Å²) in [7, 11) is 0. The molecule has 110 valence electrons. The molecular formula is C14H26N2O3. The molecule has 1 aliphatic rings. The molecule has 1 aliphatic heterocycles. The van der Waals surface area contributed by atoms with E-state index in [9.17, 15) is 14.7 Å². The number of hydrogen-bond acceptors (Lipinski definition) is 3. The number of carboxylic acids is 1. The Bertz CT molecular complexity index is 355. The number of carbonyl (C=O) groups is 2. The second kappa shape index (κ2) is 5.90. The Labute approximate surface area is 115 Å². The van der Waals surface area contributed by atoms with E-state index in [0.29, 0.717) is 32.4 Å². The Morgan fingerprint density at radius 3 is 2.47 bits per heavy atom. The lowest BCUT2D eigenvalue weighted by Gasteiger charge is -2.30. The molecule has 0 bridgehead atoms. The number of nitrogens with two attached hydrogens (primary N) is 1. The van der Waals surface area contributed by atoms with E-state index in [1.165, 1.54) is 0 Å². The lowest BCUT2D eigenvalue weighted by Crippen LogP contribution is -2.53. The Morgan fingerprint density at radius 2 is 2.00 bits per heavy atom. The summed E-state index contributed by atoms with van der Waals surface area (Å²) in [6.07, 6.45) is 3.41. The first-order valence-electron chi connectivity index (χ1n) is 7.11. The first-order valence-corrected chi connectivity index (χ1v) is 7.11. The van der Waals surface area contributed by atoms with E-state index in [4.69, 9.17) is 5.73 Å². The molecule has 3 N–H and O–H groups in total. The minimum absolute atomic E-state index is 0.117. The van der Waals surface area contributed by atoms with Crippen LogP contribution in [0.3, 0.4) is 0 Å². The molecule has 5 heteroatoms. The minimum atomic E-state index is -0.879. The van der Waals surface area contributed by atoms with Gasteiger partial charge in [0, 0.05) is 13.1 Å². The Balaban J connectivity index is 2.79. The van der Waals surface area contributed by atoms with Crippen LogP contribution in [0.15, 0.2) is 0 Å². The van der Waals surface area contributed by atoms with Crippen LogP contribution in [0.2, 0.25) is 0 Å². The van der Waals surface area contributed by atoms with Gasteiger partial charge in [0.05, 0.1) is 11.0 Å². The summed E-state index contributed by atoms with van der Waals surface area (Å²) < 4.78 is 0. The van der Waals surface area contributed by atoms with Gasteiger partial charge in [-0.1, -0.05) is 26.7 Å². The summed E-state index contributed by atoms with van der Waals surface area (Å²) in [6.45, 7) is 6.49. The van der Waals surface area contributed by atoms with Crippen molar-refractivity contribution in [2.24, 2.45) is 11.1 Å². The zero-order valence-electron chi connectivity index (χ0n) is 12.2. The van der Waals surface area contributed by atoms with Gasteiger partial charge in [0.25, 0.3) is 0 Å². The van der Waals surface area contributed by atoms with Crippen molar-refractivity contribution in [3.63, 3.8) is 0 Å². The molecule has 0 radical (unpaired) electrons. The third-order valence-electron chi connectivity index (χ3n) is 4.08. The molecule has 19 heavy (non-hydrogen) atoms. The third-order valence-corrected chi connectivity index (χ3v) is 4.08. The van der Waals surface area contributed by atoms with Crippen molar-refractivity contribution in [2.45, 2.75) is 58.4 Å². The molecule has 2 atom stereocenters. The molecule has 1 saturated heterocycles. The normalized spacial score (nSPS) is 26.2. The number of carboxylic acid groups (broad SMARTS) is 1. The molecule has 1 amide bonds. The number of aliphatic carboxylic acids is 1. The zero-order valence-corrected chi connectivity index (χ0v) is 12.2. The van der Waals surface area contributed by atoms with Crippen LogP contribution in [0.25, 0.3) is 0 Å². The topological polar surface area (TPSA) is 83.6 Å². The minimum Gasteiger partial charge on any atom is -0.481 e. The van der Waals surface area contributed by atoms with E-state index >= 15 is 0 Å². The van der Waals surface area contributed by atoms with Gasteiger partial charge in [-0.15, -0.1) is 0 Å². The third kappa shape index (κ3) is 3.26. The molecule has 0 aromatic heterocycles. The van der Waals surface area contributed by atoms with Crippen molar-refractivity contribution in [3.8, 4) is 0 Å². The number of likely N-dealkylation sites (tertiary alicyclic amines) is 1. The van der Waals surface area contributed by atoms with Crippen molar-refractivity contribution in [1.29, 1.82) is 0 Å². The first-order chi connectivity index (χ1) is 8.79. The fraction of sp³-hybridized carbons (Fsp3) is 0.857. The van der Waals surface area contributed by atoms with Gasteiger partial charge in [0.15, 0.2) is 0 Å². The highest BCUT2D eigenvalue weighted by Crippen LogP contribution is 2.36. The van der Waals surface area contributed by atoms with Gasteiger partial charge in [-0.3, -0.25) is 9.59 Å². The van der Waals surface area contributed by atoms with Gasteiger partial charge >= 0.3 is 5.97 Å². The van der Waals surface area contributed by atoms with E-state index in [2.05, 4.69) is 0 Å². The molecule has 0 saturated carbocycles. The smallest absolute Gasteiger partial charge is 0.311 e. The van der Waals surface area contributed by atoms with Gasteiger partial charge in [-0.25, -0.2) is 0 Å². The van der Waals surface area contributed by atoms with Crippen molar-refractivity contribution >= 4 is 11.9 Å².